The zero-order valence-electron chi connectivity index (χ0n) is 8.98. The molecule has 1 aliphatic rings. The summed E-state index contributed by atoms with van der Waals surface area (Å²) in [5.74, 6) is 6.75. The van der Waals surface area contributed by atoms with E-state index in [4.69, 9.17) is 5.84 Å². The molecule has 0 bridgehead atoms. The topological polar surface area (TPSA) is 67.1 Å². The van der Waals surface area contributed by atoms with Crippen molar-refractivity contribution in [3.63, 3.8) is 0 Å². The molecule has 0 amide bonds. The van der Waals surface area contributed by atoms with Crippen molar-refractivity contribution in [2.24, 2.45) is 5.84 Å². The Kier molecular flexibility index (Phi) is 3.01. The lowest BCUT2D eigenvalue weighted by Crippen LogP contribution is -2.29. The lowest BCUT2D eigenvalue weighted by atomic mass is 10.2. The molecule has 82 valence electrons. The van der Waals surface area contributed by atoms with Gasteiger partial charge in [0.2, 0.25) is 5.95 Å². The molecule has 0 saturated carbocycles. The molecule has 15 heavy (non-hydrogen) atoms. The fourth-order valence-electron chi connectivity index (χ4n) is 2.14. The van der Waals surface area contributed by atoms with E-state index >= 15 is 0 Å². The lowest BCUT2D eigenvalue weighted by Gasteiger charge is -2.24. The van der Waals surface area contributed by atoms with Gasteiger partial charge >= 0.3 is 0 Å². The van der Waals surface area contributed by atoms with E-state index < -0.39 is 0 Å². The Labute approximate surface area is 89.7 Å². The molecule has 1 unspecified atom stereocenters. The highest BCUT2D eigenvalue weighted by Gasteiger charge is 2.23. The van der Waals surface area contributed by atoms with Crippen molar-refractivity contribution in [1.82, 2.24) is 9.97 Å². The van der Waals surface area contributed by atoms with Crippen LogP contribution in [0.4, 0.5) is 11.8 Å². The van der Waals surface area contributed by atoms with Gasteiger partial charge in [0.1, 0.15) is 5.82 Å². The second kappa shape index (κ2) is 4.44. The smallest absolute Gasteiger partial charge is 0.239 e. The summed E-state index contributed by atoms with van der Waals surface area (Å²) < 4.78 is 0. The monoisotopic (exact) mass is 207 g/mol. The van der Waals surface area contributed by atoms with Crippen molar-refractivity contribution in [2.45, 2.75) is 32.2 Å². The third kappa shape index (κ3) is 2.02. The van der Waals surface area contributed by atoms with Gasteiger partial charge in [-0.3, -0.25) is 5.43 Å². The molecule has 2 rings (SSSR count). The van der Waals surface area contributed by atoms with E-state index in [9.17, 15) is 0 Å². The van der Waals surface area contributed by atoms with Gasteiger partial charge in [0.05, 0.1) is 0 Å². The zero-order chi connectivity index (χ0) is 10.7. The SMILES string of the molecule is CCC1CCCN1c1ccnc(NN)n1. The highest BCUT2D eigenvalue weighted by Crippen LogP contribution is 2.25. The largest absolute Gasteiger partial charge is 0.353 e. The van der Waals surface area contributed by atoms with E-state index in [0.29, 0.717) is 12.0 Å². The van der Waals surface area contributed by atoms with Gasteiger partial charge in [-0.1, -0.05) is 6.92 Å². The van der Waals surface area contributed by atoms with Crippen molar-refractivity contribution in [3.05, 3.63) is 12.3 Å². The summed E-state index contributed by atoms with van der Waals surface area (Å²) in [4.78, 5) is 10.7. The van der Waals surface area contributed by atoms with E-state index in [-0.39, 0.29) is 0 Å². The second-order valence-corrected chi connectivity index (χ2v) is 3.78. The van der Waals surface area contributed by atoms with E-state index in [1.807, 2.05) is 6.07 Å². The van der Waals surface area contributed by atoms with Crippen LogP contribution in [-0.2, 0) is 0 Å². The lowest BCUT2D eigenvalue weighted by molar-refractivity contribution is 0.640. The van der Waals surface area contributed by atoms with Crippen molar-refractivity contribution in [1.29, 1.82) is 0 Å². The zero-order valence-corrected chi connectivity index (χ0v) is 8.98. The van der Waals surface area contributed by atoms with E-state index in [1.54, 1.807) is 6.20 Å². The fraction of sp³-hybridized carbons (Fsp3) is 0.600. The number of nitrogens with two attached hydrogens (primary N) is 1. The molecule has 3 N–H and O–H groups in total. The fourth-order valence-corrected chi connectivity index (χ4v) is 2.14. The minimum Gasteiger partial charge on any atom is -0.353 e. The maximum absolute atomic E-state index is 5.29. The van der Waals surface area contributed by atoms with Gasteiger partial charge in [-0.05, 0) is 25.3 Å². The minimum atomic E-state index is 0.481. The summed E-state index contributed by atoms with van der Waals surface area (Å²) >= 11 is 0. The molecule has 0 radical (unpaired) electrons. The van der Waals surface area contributed by atoms with Gasteiger partial charge in [-0.2, -0.15) is 4.98 Å². The Balaban J connectivity index is 2.20. The molecule has 1 aliphatic heterocycles. The predicted octanol–water partition coefficient (Wildman–Crippen LogP) is 1.14. The van der Waals surface area contributed by atoms with Gasteiger partial charge in [0.25, 0.3) is 0 Å². The summed E-state index contributed by atoms with van der Waals surface area (Å²) in [7, 11) is 0. The number of nitrogens with zero attached hydrogens (tertiary/aromatic N) is 3. The number of hydrazine groups is 1. The van der Waals surface area contributed by atoms with Crippen LogP contribution in [0.15, 0.2) is 12.3 Å². The summed E-state index contributed by atoms with van der Waals surface area (Å²) in [6.07, 6.45) is 5.40. The summed E-state index contributed by atoms with van der Waals surface area (Å²) in [6.45, 7) is 3.30. The summed E-state index contributed by atoms with van der Waals surface area (Å²) in [5, 5.41) is 0. The highest BCUT2D eigenvalue weighted by atomic mass is 15.3. The average molecular weight is 207 g/mol. The number of hydrogen-bond acceptors (Lipinski definition) is 5. The first-order chi connectivity index (χ1) is 7.35. The van der Waals surface area contributed by atoms with Crippen molar-refractivity contribution < 1.29 is 0 Å². The van der Waals surface area contributed by atoms with Gasteiger partial charge in [0, 0.05) is 18.8 Å². The number of hydrogen-bond donors (Lipinski definition) is 2. The molecule has 2 heterocycles. The Bertz CT molecular complexity index is 327. The maximum atomic E-state index is 5.29. The molecular weight excluding hydrogens is 190 g/mol. The van der Waals surface area contributed by atoms with Crippen LogP contribution in [0, 0.1) is 0 Å². The van der Waals surface area contributed by atoms with Crippen molar-refractivity contribution in [2.75, 3.05) is 16.9 Å². The maximum Gasteiger partial charge on any atom is 0.239 e. The van der Waals surface area contributed by atoms with Crippen LogP contribution in [0.25, 0.3) is 0 Å². The Hall–Kier alpha value is -1.36. The van der Waals surface area contributed by atoms with Crippen LogP contribution < -0.4 is 16.2 Å². The van der Waals surface area contributed by atoms with E-state index in [1.165, 1.54) is 12.8 Å². The van der Waals surface area contributed by atoms with Crippen LogP contribution >= 0.6 is 0 Å². The molecule has 1 aromatic heterocycles. The molecule has 0 aliphatic carbocycles. The molecule has 0 spiro atoms. The molecule has 1 fully saturated rings. The van der Waals surface area contributed by atoms with Crippen LogP contribution in [0.3, 0.4) is 0 Å². The highest BCUT2D eigenvalue weighted by molar-refractivity contribution is 5.44. The minimum absolute atomic E-state index is 0.481. The van der Waals surface area contributed by atoms with Gasteiger partial charge in [0.15, 0.2) is 0 Å². The number of rotatable bonds is 3. The summed E-state index contributed by atoms with van der Waals surface area (Å²) in [6, 6.07) is 2.56. The van der Waals surface area contributed by atoms with Crippen molar-refractivity contribution in [3.8, 4) is 0 Å². The predicted molar refractivity (Wildman–Crippen MR) is 60.5 cm³/mol. The Morgan fingerprint density at radius 2 is 2.53 bits per heavy atom. The quantitative estimate of drug-likeness (QED) is 0.574. The van der Waals surface area contributed by atoms with Crippen molar-refractivity contribution >= 4 is 11.8 Å². The average Bonchev–Trinajstić information content (AvgIpc) is 2.77. The first kappa shape index (κ1) is 10.2. The van der Waals surface area contributed by atoms with Crippen LogP contribution in [-0.4, -0.2) is 22.6 Å². The second-order valence-electron chi connectivity index (χ2n) is 3.78. The summed E-state index contributed by atoms with van der Waals surface area (Å²) in [5.41, 5.74) is 2.47. The standard InChI is InChI=1S/C10H17N5/c1-2-8-4-3-7-15(8)9-5-6-12-10(13-9)14-11/h5-6,8H,2-4,7,11H2,1H3,(H,12,13,14). The normalized spacial score (nSPS) is 20.7. The number of aromatic nitrogens is 2. The molecule has 1 saturated heterocycles. The van der Waals surface area contributed by atoms with E-state index in [0.717, 1.165) is 18.8 Å². The first-order valence-electron chi connectivity index (χ1n) is 5.41. The molecule has 1 aromatic rings. The number of anilines is 2. The van der Waals surface area contributed by atoms with Crippen LogP contribution in [0.5, 0.6) is 0 Å². The van der Waals surface area contributed by atoms with Gasteiger partial charge in [-0.25, -0.2) is 10.8 Å². The van der Waals surface area contributed by atoms with E-state index in [2.05, 4.69) is 27.2 Å². The molecule has 1 atom stereocenters. The number of nitrogen functional groups attached to an aromatic ring is 1. The number of nitrogens with one attached hydrogen (secondary N) is 1. The molecular formula is C10H17N5. The Morgan fingerprint density at radius 3 is 3.27 bits per heavy atom. The molecule has 0 aromatic carbocycles. The third-order valence-corrected chi connectivity index (χ3v) is 2.91. The molecule has 5 nitrogen and oxygen atoms in total. The van der Waals surface area contributed by atoms with Crippen LogP contribution in [0.2, 0.25) is 0 Å². The van der Waals surface area contributed by atoms with Gasteiger partial charge in [-0.15, -0.1) is 0 Å². The molecule has 5 heteroatoms. The third-order valence-electron chi connectivity index (χ3n) is 2.91. The first-order valence-corrected chi connectivity index (χ1v) is 5.41. The van der Waals surface area contributed by atoms with Gasteiger partial charge < -0.3 is 4.90 Å². The van der Waals surface area contributed by atoms with Crippen LogP contribution in [0.1, 0.15) is 26.2 Å². The Morgan fingerprint density at radius 1 is 1.67 bits per heavy atom.